The van der Waals surface area contributed by atoms with Crippen LogP contribution in [0.5, 0.6) is 0 Å². The van der Waals surface area contributed by atoms with Gasteiger partial charge >= 0.3 is 5.97 Å². The quantitative estimate of drug-likeness (QED) is 0.847. The van der Waals surface area contributed by atoms with Gasteiger partial charge in [0.2, 0.25) is 0 Å². The summed E-state index contributed by atoms with van der Waals surface area (Å²) in [6.07, 6.45) is 1.19. The first kappa shape index (κ1) is 14.3. The van der Waals surface area contributed by atoms with Crippen molar-refractivity contribution in [2.75, 3.05) is 6.54 Å². The third-order valence-corrected chi connectivity index (χ3v) is 3.77. The average Bonchev–Trinajstić information content (AvgIpc) is 2.50. The highest BCUT2D eigenvalue weighted by Crippen LogP contribution is 2.29. The van der Waals surface area contributed by atoms with Crippen LogP contribution in [0.3, 0.4) is 0 Å². The standard InChI is InChI=1S/C17H19NO2/c18-13-17(16(19)20,15-9-5-2-6-10-15)12-11-14-7-3-1-4-8-14/h1-10H,11-13,18H2,(H,19,20). The van der Waals surface area contributed by atoms with Gasteiger partial charge in [0, 0.05) is 6.54 Å². The van der Waals surface area contributed by atoms with E-state index in [0.29, 0.717) is 12.8 Å². The van der Waals surface area contributed by atoms with Crippen molar-refractivity contribution in [2.45, 2.75) is 18.3 Å². The van der Waals surface area contributed by atoms with Crippen molar-refractivity contribution in [3.05, 3.63) is 71.8 Å². The van der Waals surface area contributed by atoms with Crippen LogP contribution in [0.4, 0.5) is 0 Å². The molecule has 0 aliphatic heterocycles. The van der Waals surface area contributed by atoms with Gasteiger partial charge in [-0.3, -0.25) is 4.79 Å². The van der Waals surface area contributed by atoms with Gasteiger partial charge in [0.25, 0.3) is 0 Å². The first-order valence-electron chi connectivity index (χ1n) is 6.72. The highest BCUT2D eigenvalue weighted by atomic mass is 16.4. The summed E-state index contributed by atoms with van der Waals surface area (Å²) in [5.74, 6) is -0.859. The summed E-state index contributed by atoms with van der Waals surface area (Å²) in [5, 5.41) is 9.68. The van der Waals surface area contributed by atoms with E-state index in [1.54, 1.807) is 0 Å². The van der Waals surface area contributed by atoms with Crippen LogP contribution in [0.15, 0.2) is 60.7 Å². The predicted octanol–water partition coefficient (Wildman–Crippen LogP) is 2.60. The van der Waals surface area contributed by atoms with Crippen molar-refractivity contribution in [3.8, 4) is 0 Å². The summed E-state index contributed by atoms with van der Waals surface area (Å²) in [6.45, 7) is 0.0964. The molecular weight excluding hydrogens is 250 g/mol. The molecule has 0 aliphatic carbocycles. The summed E-state index contributed by atoms with van der Waals surface area (Å²) < 4.78 is 0. The third kappa shape index (κ3) is 2.89. The van der Waals surface area contributed by atoms with Crippen LogP contribution >= 0.6 is 0 Å². The molecule has 0 spiro atoms. The van der Waals surface area contributed by atoms with Crippen molar-refractivity contribution in [1.29, 1.82) is 0 Å². The van der Waals surface area contributed by atoms with Crippen molar-refractivity contribution in [2.24, 2.45) is 5.73 Å². The maximum absolute atomic E-state index is 11.8. The lowest BCUT2D eigenvalue weighted by Gasteiger charge is -2.28. The van der Waals surface area contributed by atoms with Crippen molar-refractivity contribution >= 4 is 5.97 Å². The Morgan fingerprint density at radius 1 is 1.00 bits per heavy atom. The zero-order chi connectivity index (χ0) is 14.4. The molecule has 3 nitrogen and oxygen atoms in total. The Kier molecular flexibility index (Phi) is 4.53. The molecule has 20 heavy (non-hydrogen) atoms. The van der Waals surface area contributed by atoms with Gasteiger partial charge in [-0.15, -0.1) is 0 Å². The van der Waals surface area contributed by atoms with E-state index in [4.69, 9.17) is 5.73 Å². The fourth-order valence-electron chi connectivity index (χ4n) is 2.44. The van der Waals surface area contributed by atoms with E-state index in [1.165, 1.54) is 0 Å². The topological polar surface area (TPSA) is 63.3 Å². The van der Waals surface area contributed by atoms with Gasteiger partial charge in [-0.25, -0.2) is 0 Å². The monoisotopic (exact) mass is 269 g/mol. The molecule has 3 heteroatoms. The highest BCUT2D eigenvalue weighted by molar-refractivity contribution is 5.81. The number of carboxylic acid groups (broad SMARTS) is 1. The third-order valence-electron chi connectivity index (χ3n) is 3.77. The van der Waals surface area contributed by atoms with Crippen LogP contribution < -0.4 is 5.73 Å². The smallest absolute Gasteiger partial charge is 0.315 e. The summed E-state index contributed by atoms with van der Waals surface area (Å²) in [7, 11) is 0. The second-order valence-electron chi connectivity index (χ2n) is 4.94. The molecule has 0 heterocycles. The van der Waals surface area contributed by atoms with E-state index in [2.05, 4.69) is 0 Å². The van der Waals surface area contributed by atoms with Crippen LogP contribution in [0, 0.1) is 0 Å². The summed E-state index contributed by atoms with van der Waals surface area (Å²) in [5.41, 5.74) is 6.70. The van der Waals surface area contributed by atoms with Crippen molar-refractivity contribution in [3.63, 3.8) is 0 Å². The van der Waals surface area contributed by atoms with Crippen LogP contribution in [-0.2, 0) is 16.6 Å². The van der Waals surface area contributed by atoms with E-state index < -0.39 is 11.4 Å². The molecule has 2 aromatic carbocycles. The summed E-state index contributed by atoms with van der Waals surface area (Å²) in [4.78, 5) is 11.8. The molecule has 0 saturated heterocycles. The Morgan fingerprint density at radius 2 is 1.55 bits per heavy atom. The number of hydrogen-bond acceptors (Lipinski definition) is 2. The SMILES string of the molecule is NCC(CCc1ccccc1)(C(=O)O)c1ccccc1. The number of aliphatic carboxylic acids is 1. The van der Waals surface area contributed by atoms with Gasteiger partial charge < -0.3 is 10.8 Å². The summed E-state index contributed by atoms with van der Waals surface area (Å²) >= 11 is 0. The fraction of sp³-hybridized carbons (Fsp3) is 0.235. The second-order valence-corrected chi connectivity index (χ2v) is 4.94. The molecular formula is C17H19NO2. The molecule has 0 fully saturated rings. The maximum Gasteiger partial charge on any atom is 0.315 e. The minimum Gasteiger partial charge on any atom is -0.481 e. The van der Waals surface area contributed by atoms with Crippen LogP contribution in [0.1, 0.15) is 17.5 Å². The molecule has 0 saturated carbocycles. The number of benzene rings is 2. The molecule has 2 aromatic rings. The first-order chi connectivity index (χ1) is 9.69. The Bertz CT molecular complexity index is 554. The zero-order valence-electron chi connectivity index (χ0n) is 11.3. The lowest BCUT2D eigenvalue weighted by Crippen LogP contribution is -2.43. The first-order valence-corrected chi connectivity index (χ1v) is 6.72. The molecule has 1 unspecified atom stereocenters. The molecule has 0 aromatic heterocycles. The number of carbonyl (C=O) groups is 1. The number of rotatable bonds is 6. The van der Waals surface area contributed by atoms with Crippen LogP contribution in [-0.4, -0.2) is 17.6 Å². The maximum atomic E-state index is 11.8. The molecule has 1 atom stereocenters. The van der Waals surface area contributed by atoms with Gasteiger partial charge in [-0.05, 0) is 24.0 Å². The van der Waals surface area contributed by atoms with Gasteiger partial charge in [0.1, 0.15) is 5.41 Å². The normalized spacial score (nSPS) is 13.7. The Morgan fingerprint density at radius 3 is 2.05 bits per heavy atom. The lowest BCUT2D eigenvalue weighted by atomic mass is 9.76. The Hall–Kier alpha value is -2.13. The number of hydrogen-bond donors (Lipinski definition) is 2. The van der Waals surface area contributed by atoms with Gasteiger partial charge in [0.15, 0.2) is 0 Å². The molecule has 0 bridgehead atoms. The molecule has 3 N–H and O–H groups in total. The largest absolute Gasteiger partial charge is 0.481 e. The minimum absolute atomic E-state index is 0.0964. The van der Waals surface area contributed by atoms with E-state index >= 15 is 0 Å². The van der Waals surface area contributed by atoms with E-state index in [-0.39, 0.29) is 6.54 Å². The molecule has 104 valence electrons. The molecule has 0 aliphatic rings. The average molecular weight is 269 g/mol. The molecule has 2 rings (SSSR count). The van der Waals surface area contributed by atoms with Crippen LogP contribution in [0.25, 0.3) is 0 Å². The molecule has 0 amide bonds. The zero-order valence-corrected chi connectivity index (χ0v) is 11.3. The fourth-order valence-corrected chi connectivity index (χ4v) is 2.44. The predicted molar refractivity (Wildman–Crippen MR) is 79.6 cm³/mol. The van der Waals surface area contributed by atoms with Crippen molar-refractivity contribution in [1.82, 2.24) is 0 Å². The number of nitrogens with two attached hydrogens (primary N) is 1. The van der Waals surface area contributed by atoms with E-state index in [9.17, 15) is 9.90 Å². The Labute approximate surface area is 119 Å². The Balaban J connectivity index is 2.26. The van der Waals surface area contributed by atoms with Gasteiger partial charge in [-0.2, -0.15) is 0 Å². The highest BCUT2D eigenvalue weighted by Gasteiger charge is 2.38. The van der Waals surface area contributed by atoms with E-state index in [1.807, 2.05) is 60.7 Å². The molecule has 0 radical (unpaired) electrons. The number of carboxylic acids is 1. The van der Waals surface area contributed by atoms with Crippen LogP contribution in [0.2, 0.25) is 0 Å². The minimum atomic E-state index is -1.02. The second kappa shape index (κ2) is 6.35. The van der Waals surface area contributed by atoms with Gasteiger partial charge in [0.05, 0.1) is 0 Å². The van der Waals surface area contributed by atoms with Gasteiger partial charge in [-0.1, -0.05) is 60.7 Å². The summed E-state index contributed by atoms with van der Waals surface area (Å²) in [6, 6.07) is 19.2. The van der Waals surface area contributed by atoms with E-state index in [0.717, 1.165) is 11.1 Å². The lowest BCUT2D eigenvalue weighted by molar-refractivity contribution is -0.143. The van der Waals surface area contributed by atoms with Crippen molar-refractivity contribution < 1.29 is 9.90 Å². The number of aryl methyl sites for hydroxylation is 1.